The molecule has 8 nitrogen and oxygen atoms in total. The summed E-state index contributed by atoms with van der Waals surface area (Å²) in [5, 5.41) is -0.445. The highest BCUT2D eigenvalue weighted by molar-refractivity contribution is 8.18. The van der Waals surface area contributed by atoms with E-state index in [1.54, 1.807) is 23.1 Å². The number of benzene rings is 2. The number of ether oxygens (including phenoxy) is 2. The van der Waals surface area contributed by atoms with Gasteiger partial charge in [0.1, 0.15) is 6.54 Å². The molecular weight excluding hydrogens is 502 g/mol. The first-order valence-corrected chi connectivity index (χ1v) is 13.6. The Kier molecular flexibility index (Phi) is 9.12. The van der Waals surface area contributed by atoms with Gasteiger partial charge in [-0.1, -0.05) is 24.3 Å². The van der Waals surface area contributed by atoms with Crippen molar-refractivity contribution >= 4 is 40.6 Å². The van der Waals surface area contributed by atoms with Crippen LogP contribution in [0, 0.1) is 0 Å². The molecule has 2 heterocycles. The molecule has 0 saturated carbocycles. The molecule has 38 heavy (non-hydrogen) atoms. The molecule has 3 amide bonds. The van der Waals surface area contributed by atoms with E-state index in [9.17, 15) is 14.4 Å². The Balaban J connectivity index is 1.45. The number of hydrogen-bond acceptors (Lipinski definition) is 7. The van der Waals surface area contributed by atoms with Crippen LogP contribution in [0.1, 0.15) is 25.0 Å². The van der Waals surface area contributed by atoms with E-state index < -0.39 is 11.1 Å². The van der Waals surface area contributed by atoms with Gasteiger partial charge in [0.2, 0.25) is 5.91 Å². The van der Waals surface area contributed by atoms with Crippen LogP contribution in [0.15, 0.2) is 60.0 Å². The number of carbonyl (C=O) groups is 3. The zero-order valence-corrected chi connectivity index (χ0v) is 22.7. The van der Waals surface area contributed by atoms with Crippen molar-refractivity contribution in [3.05, 3.63) is 71.2 Å². The molecule has 9 heteroatoms. The van der Waals surface area contributed by atoms with Crippen LogP contribution in [0.2, 0.25) is 0 Å². The van der Waals surface area contributed by atoms with Gasteiger partial charge in [-0.05, 0) is 67.9 Å². The summed E-state index contributed by atoms with van der Waals surface area (Å²) in [5.74, 6) is 0.532. The van der Waals surface area contributed by atoms with Crippen LogP contribution in [0.4, 0.5) is 10.5 Å². The minimum atomic E-state index is -0.464. The van der Waals surface area contributed by atoms with Crippen molar-refractivity contribution in [2.24, 2.45) is 0 Å². The SMILES string of the molecule is C=CCc1cc(/C=C2/SC(=O)N(CC(=O)N3CCN(c4ccccc4)CC3)C2=O)cc(OCC)c1OCC. The molecule has 2 aliphatic rings. The van der Waals surface area contributed by atoms with Gasteiger partial charge in [-0.25, -0.2) is 0 Å². The number of nitrogens with zero attached hydrogens (tertiary/aromatic N) is 3. The lowest BCUT2D eigenvalue weighted by Gasteiger charge is -2.36. The molecule has 0 atom stereocenters. The standard InChI is InChI=1S/C29H33N3O5S/c1-4-10-22-17-21(18-24(36-5-2)27(22)37-6-3)19-25-28(34)32(29(35)38-25)20-26(33)31-15-13-30(14-16-31)23-11-8-7-9-12-23/h4,7-9,11-12,17-19H,1,5-6,10,13-16,20H2,2-3H3/b25-19+. The molecule has 2 aliphatic heterocycles. The van der Waals surface area contributed by atoms with Crippen LogP contribution >= 0.6 is 11.8 Å². The quantitative estimate of drug-likeness (QED) is 0.325. The summed E-state index contributed by atoms with van der Waals surface area (Å²) in [6, 6.07) is 13.8. The third kappa shape index (κ3) is 6.22. The molecule has 0 aliphatic carbocycles. The second-order valence-corrected chi connectivity index (χ2v) is 9.83. The fourth-order valence-electron chi connectivity index (χ4n) is 4.52. The molecule has 200 valence electrons. The Bertz CT molecular complexity index is 1220. The Labute approximate surface area is 227 Å². The molecule has 0 radical (unpaired) electrons. The number of allylic oxidation sites excluding steroid dienone is 1. The topological polar surface area (TPSA) is 79.4 Å². The molecule has 0 N–H and O–H groups in total. The smallest absolute Gasteiger partial charge is 0.294 e. The zero-order valence-electron chi connectivity index (χ0n) is 21.9. The lowest BCUT2D eigenvalue weighted by Crippen LogP contribution is -2.51. The summed E-state index contributed by atoms with van der Waals surface area (Å²) >= 11 is 0.843. The predicted octanol–water partition coefficient (Wildman–Crippen LogP) is 4.60. The van der Waals surface area contributed by atoms with Gasteiger partial charge in [0.15, 0.2) is 11.5 Å². The minimum absolute atomic E-state index is 0.228. The molecule has 2 saturated heterocycles. The van der Waals surface area contributed by atoms with Crippen molar-refractivity contribution in [3.63, 3.8) is 0 Å². The predicted molar refractivity (Wildman–Crippen MR) is 151 cm³/mol. The molecule has 0 bridgehead atoms. The minimum Gasteiger partial charge on any atom is -0.490 e. The second kappa shape index (κ2) is 12.7. The van der Waals surface area contributed by atoms with Gasteiger partial charge in [-0.3, -0.25) is 19.3 Å². The highest BCUT2D eigenvalue weighted by atomic mass is 32.2. The Hall–Kier alpha value is -3.72. The molecule has 4 rings (SSSR count). The lowest BCUT2D eigenvalue weighted by atomic mass is 10.0. The molecule has 0 spiro atoms. The van der Waals surface area contributed by atoms with E-state index in [-0.39, 0.29) is 17.4 Å². The van der Waals surface area contributed by atoms with Crippen molar-refractivity contribution in [2.45, 2.75) is 20.3 Å². The molecule has 2 fully saturated rings. The Morgan fingerprint density at radius 2 is 1.74 bits per heavy atom. The van der Waals surface area contributed by atoms with Gasteiger partial charge < -0.3 is 19.3 Å². The number of imide groups is 1. The van der Waals surface area contributed by atoms with E-state index in [0.29, 0.717) is 62.9 Å². The largest absolute Gasteiger partial charge is 0.490 e. The zero-order chi connectivity index (χ0) is 27.1. The van der Waals surface area contributed by atoms with Crippen molar-refractivity contribution in [2.75, 3.05) is 50.8 Å². The fraction of sp³-hybridized carbons (Fsp3) is 0.345. The van der Waals surface area contributed by atoms with Crippen LogP contribution in [-0.4, -0.2) is 72.8 Å². The average molecular weight is 536 g/mol. The van der Waals surface area contributed by atoms with E-state index in [2.05, 4.69) is 11.5 Å². The van der Waals surface area contributed by atoms with Gasteiger partial charge in [0.25, 0.3) is 11.1 Å². The summed E-state index contributed by atoms with van der Waals surface area (Å²) in [6.45, 7) is 10.8. The van der Waals surface area contributed by atoms with Gasteiger partial charge >= 0.3 is 0 Å². The van der Waals surface area contributed by atoms with Crippen molar-refractivity contribution in [1.82, 2.24) is 9.80 Å². The molecule has 2 aromatic rings. The summed E-state index contributed by atoms with van der Waals surface area (Å²) < 4.78 is 11.6. The number of carbonyl (C=O) groups excluding carboxylic acids is 3. The molecule has 0 unspecified atom stereocenters. The maximum Gasteiger partial charge on any atom is 0.294 e. The molecule has 0 aromatic heterocycles. The monoisotopic (exact) mass is 535 g/mol. The lowest BCUT2D eigenvalue weighted by molar-refractivity contribution is -0.136. The third-order valence-electron chi connectivity index (χ3n) is 6.33. The summed E-state index contributed by atoms with van der Waals surface area (Å²) in [6.07, 6.45) is 4.00. The first-order valence-electron chi connectivity index (χ1n) is 12.8. The number of thioether (sulfide) groups is 1. The Morgan fingerprint density at radius 3 is 2.39 bits per heavy atom. The first kappa shape index (κ1) is 27.3. The summed E-state index contributed by atoms with van der Waals surface area (Å²) in [5.41, 5.74) is 2.71. The maximum atomic E-state index is 13.1. The number of amides is 3. The number of rotatable bonds is 10. The molecule has 2 aromatic carbocycles. The second-order valence-electron chi connectivity index (χ2n) is 8.84. The maximum absolute atomic E-state index is 13.1. The summed E-state index contributed by atoms with van der Waals surface area (Å²) in [4.78, 5) is 44.1. The average Bonchev–Trinajstić information content (AvgIpc) is 3.18. The highest BCUT2D eigenvalue weighted by Gasteiger charge is 2.37. The van der Waals surface area contributed by atoms with E-state index >= 15 is 0 Å². The van der Waals surface area contributed by atoms with Crippen molar-refractivity contribution < 1.29 is 23.9 Å². The third-order valence-corrected chi connectivity index (χ3v) is 7.23. The van der Waals surface area contributed by atoms with Gasteiger partial charge in [-0.15, -0.1) is 6.58 Å². The van der Waals surface area contributed by atoms with Crippen molar-refractivity contribution in [1.29, 1.82) is 0 Å². The number of para-hydroxylation sites is 1. The van der Waals surface area contributed by atoms with Crippen LogP contribution in [-0.2, 0) is 16.0 Å². The van der Waals surface area contributed by atoms with E-state index in [0.717, 1.165) is 27.9 Å². The van der Waals surface area contributed by atoms with Crippen LogP contribution < -0.4 is 14.4 Å². The van der Waals surface area contributed by atoms with E-state index in [1.165, 1.54) is 0 Å². The van der Waals surface area contributed by atoms with Gasteiger partial charge in [0.05, 0.1) is 18.1 Å². The summed E-state index contributed by atoms with van der Waals surface area (Å²) in [7, 11) is 0. The van der Waals surface area contributed by atoms with Gasteiger partial charge in [-0.2, -0.15) is 0 Å². The molecular formula is C29H33N3O5S. The van der Waals surface area contributed by atoms with Crippen LogP contribution in [0.5, 0.6) is 11.5 Å². The number of anilines is 1. The first-order chi connectivity index (χ1) is 18.4. The van der Waals surface area contributed by atoms with E-state index in [1.807, 2.05) is 50.2 Å². The number of hydrogen-bond donors (Lipinski definition) is 0. The number of piperazine rings is 1. The van der Waals surface area contributed by atoms with Gasteiger partial charge in [0, 0.05) is 37.4 Å². The fourth-order valence-corrected chi connectivity index (χ4v) is 5.36. The van der Waals surface area contributed by atoms with E-state index in [4.69, 9.17) is 9.47 Å². The van der Waals surface area contributed by atoms with Crippen molar-refractivity contribution in [3.8, 4) is 11.5 Å². The van der Waals surface area contributed by atoms with Crippen LogP contribution in [0.3, 0.4) is 0 Å². The normalized spacial score (nSPS) is 16.8. The Morgan fingerprint density at radius 1 is 1.03 bits per heavy atom. The van der Waals surface area contributed by atoms with Crippen LogP contribution in [0.25, 0.3) is 6.08 Å². The highest BCUT2D eigenvalue weighted by Crippen LogP contribution is 2.37.